The maximum absolute atomic E-state index is 14.2. The Labute approximate surface area is 208 Å². The summed E-state index contributed by atoms with van der Waals surface area (Å²) in [6, 6.07) is 7.93. The third-order valence-corrected chi connectivity index (χ3v) is 5.48. The van der Waals surface area contributed by atoms with Gasteiger partial charge in [-0.05, 0) is 24.3 Å². The highest BCUT2D eigenvalue weighted by Gasteiger charge is 2.14. The van der Waals surface area contributed by atoms with Crippen molar-refractivity contribution in [3.05, 3.63) is 47.5 Å². The summed E-state index contributed by atoms with van der Waals surface area (Å²) in [7, 11) is 1.56. The van der Waals surface area contributed by atoms with Gasteiger partial charge in [-0.25, -0.2) is 14.4 Å². The molecule has 0 aliphatic carbocycles. The van der Waals surface area contributed by atoms with Gasteiger partial charge in [-0.1, -0.05) is 11.6 Å². The molecule has 0 spiro atoms. The van der Waals surface area contributed by atoms with Gasteiger partial charge < -0.3 is 24.3 Å². The van der Waals surface area contributed by atoms with Crippen LogP contribution in [-0.4, -0.2) is 74.6 Å². The molecule has 0 bridgehead atoms. The second-order valence-corrected chi connectivity index (χ2v) is 7.84. The zero-order valence-electron chi connectivity index (χ0n) is 18.8. The zero-order chi connectivity index (χ0) is 23.0. The molecule has 0 amide bonds. The van der Waals surface area contributed by atoms with Crippen LogP contribution >= 0.6 is 24.0 Å². The molecule has 11 heteroatoms. The Balaban J connectivity index is 0.00000324. The Hall–Kier alpha value is -2.43. The molecule has 0 radical (unpaired) electrons. The van der Waals surface area contributed by atoms with Gasteiger partial charge in [-0.2, -0.15) is 0 Å². The van der Waals surface area contributed by atoms with Crippen molar-refractivity contribution >= 4 is 46.4 Å². The predicted molar refractivity (Wildman–Crippen MR) is 132 cm³/mol. The Morgan fingerprint density at radius 2 is 1.91 bits per heavy atom. The molecule has 8 nitrogen and oxygen atoms in total. The van der Waals surface area contributed by atoms with Gasteiger partial charge in [0.1, 0.15) is 24.6 Å². The first-order valence-corrected chi connectivity index (χ1v) is 11.1. The van der Waals surface area contributed by atoms with Crippen LogP contribution in [0.25, 0.3) is 10.9 Å². The summed E-state index contributed by atoms with van der Waals surface area (Å²) >= 11 is 5.84. The van der Waals surface area contributed by atoms with E-state index >= 15 is 0 Å². The van der Waals surface area contributed by atoms with Crippen LogP contribution in [0.5, 0.6) is 11.5 Å². The van der Waals surface area contributed by atoms with E-state index in [4.69, 9.17) is 30.5 Å². The van der Waals surface area contributed by atoms with Crippen LogP contribution in [-0.2, 0) is 9.47 Å². The SMILES string of the molecule is COc1cc2c(Nc3ccc(Cl)cc3F)ncnc2cc1OCCOCCN1CCOCC1.Cl. The van der Waals surface area contributed by atoms with E-state index in [1.807, 2.05) is 0 Å². The minimum Gasteiger partial charge on any atom is -0.493 e. The van der Waals surface area contributed by atoms with Crippen LogP contribution in [0, 0.1) is 5.82 Å². The van der Waals surface area contributed by atoms with Gasteiger partial charge in [0.05, 0.1) is 44.7 Å². The third kappa shape index (κ3) is 6.80. The first-order chi connectivity index (χ1) is 16.1. The maximum Gasteiger partial charge on any atom is 0.163 e. The molecule has 1 saturated heterocycles. The molecule has 0 unspecified atom stereocenters. The monoisotopic (exact) mass is 512 g/mol. The normalized spacial score (nSPS) is 14.0. The second-order valence-electron chi connectivity index (χ2n) is 7.41. The molecule has 184 valence electrons. The average Bonchev–Trinajstić information content (AvgIpc) is 2.83. The van der Waals surface area contributed by atoms with Gasteiger partial charge in [0.2, 0.25) is 0 Å². The van der Waals surface area contributed by atoms with Crippen LogP contribution in [0.2, 0.25) is 5.02 Å². The highest BCUT2D eigenvalue weighted by molar-refractivity contribution is 6.30. The smallest absolute Gasteiger partial charge is 0.163 e. The van der Waals surface area contributed by atoms with Crippen LogP contribution in [0.4, 0.5) is 15.9 Å². The number of aromatic nitrogens is 2. The fourth-order valence-corrected chi connectivity index (χ4v) is 3.64. The van der Waals surface area contributed by atoms with Crippen LogP contribution in [0.3, 0.4) is 0 Å². The molecule has 34 heavy (non-hydrogen) atoms. The van der Waals surface area contributed by atoms with Crippen molar-refractivity contribution in [3.8, 4) is 11.5 Å². The number of morpholine rings is 1. The molecule has 1 fully saturated rings. The number of ether oxygens (including phenoxy) is 4. The van der Waals surface area contributed by atoms with Gasteiger partial charge in [0, 0.05) is 36.1 Å². The van der Waals surface area contributed by atoms with Gasteiger partial charge in [-0.15, -0.1) is 12.4 Å². The molecule has 1 aliphatic rings. The molecule has 3 aromatic rings. The number of halogens is 3. The third-order valence-electron chi connectivity index (χ3n) is 5.25. The van der Waals surface area contributed by atoms with E-state index in [1.165, 1.54) is 12.4 Å². The second kappa shape index (κ2) is 12.9. The van der Waals surface area contributed by atoms with Crippen LogP contribution in [0.1, 0.15) is 0 Å². The largest absolute Gasteiger partial charge is 0.493 e. The summed E-state index contributed by atoms with van der Waals surface area (Å²) in [5.41, 5.74) is 0.888. The van der Waals surface area contributed by atoms with Gasteiger partial charge in [0.15, 0.2) is 11.5 Å². The molecule has 0 saturated carbocycles. The maximum atomic E-state index is 14.2. The topological polar surface area (TPSA) is 78.0 Å². The summed E-state index contributed by atoms with van der Waals surface area (Å²) in [6.07, 6.45) is 1.41. The van der Waals surface area contributed by atoms with Crippen molar-refractivity contribution in [1.82, 2.24) is 14.9 Å². The van der Waals surface area contributed by atoms with Gasteiger partial charge in [0.25, 0.3) is 0 Å². The van der Waals surface area contributed by atoms with Crippen molar-refractivity contribution in [2.24, 2.45) is 0 Å². The Morgan fingerprint density at radius 3 is 2.68 bits per heavy atom. The van der Waals surface area contributed by atoms with Crippen molar-refractivity contribution < 1.29 is 23.3 Å². The number of rotatable bonds is 10. The summed E-state index contributed by atoms with van der Waals surface area (Å²) in [6.45, 7) is 5.79. The first-order valence-electron chi connectivity index (χ1n) is 10.7. The number of fused-ring (bicyclic) bond motifs is 1. The molecule has 2 aromatic carbocycles. The van der Waals surface area contributed by atoms with E-state index in [-0.39, 0.29) is 18.1 Å². The summed E-state index contributed by atoms with van der Waals surface area (Å²) < 4.78 is 36.6. The zero-order valence-corrected chi connectivity index (χ0v) is 20.3. The summed E-state index contributed by atoms with van der Waals surface area (Å²) in [5, 5.41) is 3.98. The van der Waals surface area contributed by atoms with E-state index in [0.29, 0.717) is 53.1 Å². The van der Waals surface area contributed by atoms with Crippen molar-refractivity contribution in [2.75, 3.05) is 65.1 Å². The molecule has 1 aliphatic heterocycles. The molecule has 1 aromatic heterocycles. The van der Waals surface area contributed by atoms with Crippen molar-refractivity contribution in [2.45, 2.75) is 0 Å². The lowest BCUT2D eigenvalue weighted by molar-refractivity contribution is 0.0169. The quantitative estimate of drug-likeness (QED) is 0.402. The van der Waals surface area contributed by atoms with Crippen molar-refractivity contribution in [1.29, 1.82) is 0 Å². The lowest BCUT2D eigenvalue weighted by atomic mass is 10.2. The first kappa shape index (κ1) is 26.2. The van der Waals surface area contributed by atoms with Crippen LogP contribution in [0.15, 0.2) is 36.7 Å². The minimum atomic E-state index is -0.477. The predicted octanol–water partition coefficient (Wildman–Crippen LogP) is 4.32. The highest BCUT2D eigenvalue weighted by Crippen LogP contribution is 2.35. The average molecular weight is 513 g/mol. The Kier molecular flexibility index (Phi) is 9.91. The minimum absolute atomic E-state index is 0. The van der Waals surface area contributed by atoms with E-state index < -0.39 is 5.82 Å². The molecular weight excluding hydrogens is 486 g/mol. The van der Waals surface area contributed by atoms with Crippen molar-refractivity contribution in [3.63, 3.8) is 0 Å². The van der Waals surface area contributed by atoms with E-state index in [9.17, 15) is 4.39 Å². The number of benzene rings is 2. The lowest BCUT2D eigenvalue weighted by Gasteiger charge is -2.26. The fraction of sp³-hybridized carbons (Fsp3) is 0.391. The number of anilines is 2. The Morgan fingerprint density at radius 1 is 1.09 bits per heavy atom. The summed E-state index contributed by atoms with van der Waals surface area (Å²) in [5.74, 6) is 1.03. The highest BCUT2D eigenvalue weighted by atomic mass is 35.5. The van der Waals surface area contributed by atoms with E-state index in [2.05, 4.69) is 20.2 Å². The molecule has 0 atom stereocenters. The standard InChI is InChI=1S/C23H26ClFN4O4.ClH/c1-30-21-13-17-20(26-15-27-23(17)28-19-3-2-16(24)12-18(19)25)14-22(21)33-11-10-32-9-6-29-4-7-31-8-5-29;/h2-3,12-15H,4-11H2,1H3,(H,26,27,28);1H. The number of hydrogen-bond acceptors (Lipinski definition) is 8. The number of nitrogens with one attached hydrogen (secondary N) is 1. The molecule has 1 N–H and O–H groups in total. The fourth-order valence-electron chi connectivity index (χ4n) is 3.49. The molecule has 4 rings (SSSR count). The number of methoxy groups -OCH3 is 1. The Bertz CT molecular complexity index is 1090. The lowest BCUT2D eigenvalue weighted by Crippen LogP contribution is -2.38. The van der Waals surface area contributed by atoms with Gasteiger partial charge >= 0.3 is 0 Å². The van der Waals surface area contributed by atoms with Gasteiger partial charge in [-0.3, -0.25) is 4.90 Å². The van der Waals surface area contributed by atoms with Crippen LogP contribution < -0.4 is 14.8 Å². The molecule has 2 heterocycles. The summed E-state index contributed by atoms with van der Waals surface area (Å²) in [4.78, 5) is 10.9. The molecular formula is C23H27Cl2FN4O4. The van der Waals surface area contributed by atoms with E-state index in [1.54, 1.807) is 31.4 Å². The van der Waals surface area contributed by atoms with E-state index in [0.717, 1.165) is 32.8 Å². The number of hydrogen-bond donors (Lipinski definition) is 1. The number of nitrogens with zero attached hydrogens (tertiary/aromatic N) is 3.